The molecule has 0 saturated heterocycles. The minimum Gasteiger partial charge on any atom is -0.0817 e. The van der Waals surface area contributed by atoms with Gasteiger partial charge in [-0.2, -0.15) is 0 Å². The van der Waals surface area contributed by atoms with E-state index in [1.807, 2.05) is 41.2 Å². The first-order valence-electron chi connectivity index (χ1n) is 6.49. The van der Waals surface area contributed by atoms with Gasteiger partial charge in [-0.25, -0.2) is 0 Å². The second kappa shape index (κ2) is 16.4. The Kier molecular flexibility index (Phi) is 17.8. The maximum absolute atomic E-state index is 2.27. The lowest BCUT2D eigenvalue weighted by molar-refractivity contribution is 0.707. The average molecular weight is 299 g/mol. The van der Waals surface area contributed by atoms with Crippen molar-refractivity contribution in [2.45, 2.75) is 65.2 Å². The molecule has 16 heavy (non-hydrogen) atoms. The molecule has 0 nitrogen and oxygen atoms in total. The van der Waals surface area contributed by atoms with E-state index in [0.717, 1.165) is 0 Å². The highest BCUT2D eigenvalue weighted by molar-refractivity contribution is 9.26. The summed E-state index contributed by atoms with van der Waals surface area (Å²) < 4.78 is 0. The zero-order valence-corrected chi connectivity index (χ0v) is 14.0. The molecule has 0 aliphatic carbocycles. The summed E-state index contributed by atoms with van der Waals surface area (Å²) in [5.74, 6) is 2.65. The number of hydrogen-bond donors (Lipinski definition) is 0. The molecule has 0 atom stereocenters. The van der Waals surface area contributed by atoms with Gasteiger partial charge in [-0.15, -0.1) is 0 Å². The molecular formula is C12H26S4. The average Bonchev–Trinajstić information content (AvgIpc) is 2.31. The largest absolute Gasteiger partial charge is 0.0817 e. The SMILES string of the molecule is CCCCCCSSSSCCCCCC. The van der Waals surface area contributed by atoms with Crippen molar-refractivity contribution in [2.24, 2.45) is 0 Å². The van der Waals surface area contributed by atoms with Crippen LogP contribution in [-0.4, -0.2) is 11.5 Å². The van der Waals surface area contributed by atoms with Gasteiger partial charge in [0.15, 0.2) is 0 Å². The third kappa shape index (κ3) is 15.4. The van der Waals surface area contributed by atoms with Crippen LogP contribution in [0.3, 0.4) is 0 Å². The maximum atomic E-state index is 2.27. The predicted molar refractivity (Wildman–Crippen MR) is 88.4 cm³/mol. The highest BCUT2D eigenvalue weighted by Crippen LogP contribution is 2.43. The van der Waals surface area contributed by atoms with Crippen molar-refractivity contribution in [1.29, 1.82) is 0 Å². The Hall–Kier alpha value is 1.40. The van der Waals surface area contributed by atoms with E-state index in [9.17, 15) is 0 Å². The summed E-state index contributed by atoms with van der Waals surface area (Å²) >= 11 is 0. The topological polar surface area (TPSA) is 0 Å². The first-order chi connectivity index (χ1) is 7.91. The molecule has 4 heteroatoms. The van der Waals surface area contributed by atoms with E-state index in [-0.39, 0.29) is 0 Å². The smallest absolute Gasteiger partial charge is 0.00454 e. The first-order valence-corrected chi connectivity index (χ1v) is 11.6. The van der Waals surface area contributed by atoms with Gasteiger partial charge in [-0.05, 0) is 32.5 Å². The zero-order chi connectivity index (χ0) is 11.9. The standard InChI is InChI=1S/C12H26S4/c1-3-5-7-9-11-13-15-16-14-12-10-8-6-4-2/h3-12H2,1-2H3. The molecule has 0 rings (SSSR count). The van der Waals surface area contributed by atoms with E-state index < -0.39 is 0 Å². The second-order valence-corrected chi connectivity index (χ2v) is 10.1. The molecule has 0 bridgehead atoms. The van der Waals surface area contributed by atoms with Crippen LogP contribution in [-0.2, 0) is 0 Å². The summed E-state index contributed by atoms with van der Waals surface area (Å²) in [6, 6.07) is 0. The fourth-order valence-electron chi connectivity index (χ4n) is 1.28. The van der Waals surface area contributed by atoms with Crippen LogP contribution in [0.25, 0.3) is 0 Å². The molecule has 0 radical (unpaired) electrons. The van der Waals surface area contributed by atoms with Crippen molar-refractivity contribution in [1.82, 2.24) is 0 Å². The van der Waals surface area contributed by atoms with Gasteiger partial charge in [-0.1, -0.05) is 74.0 Å². The highest BCUT2D eigenvalue weighted by Gasteiger charge is 1.94. The molecule has 0 fully saturated rings. The van der Waals surface area contributed by atoms with E-state index in [1.165, 1.54) is 62.9 Å². The second-order valence-electron chi connectivity index (χ2n) is 3.90. The molecule has 0 spiro atoms. The van der Waals surface area contributed by atoms with Crippen LogP contribution in [0.5, 0.6) is 0 Å². The van der Waals surface area contributed by atoms with Gasteiger partial charge < -0.3 is 0 Å². The molecule has 98 valence electrons. The Bertz CT molecular complexity index is 106. The van der Waals surface area contributed by atoms with Crippen molar-refractivity contribution >= 4 is 41.2 Å². The summed E-state index contributed by atoms with van der Waals surface area (Å²) in [6.45, 7) is 4.54. The summed E-state index contributed by atoms with van der Waals surface area (Å²) in [5.41, 5.74) is 0. The van der Waals surface area contributed by atoms with E-state index in [2.05, 4.69) is 13.8 Å². The van der Waals surface area contributed by atoms with Gasteiger partial charge in [-0.3, -0.25) is 0 Å². The summed E-state index contributed by atoms with van der Waals surface area (Å²) in [4.78, 5) is 0. The molecule has 0 aromatic heterocycles. The molecule has 0 aliphatic heterocycles. The quantitative estimate of drug-likeness (QED) is 0.270. The Balaban J connectivity index is 2.83. The highest BCUT2D eigenvalue weighted by atomic mass is 33.7. The Morgan fingerprint density at radius 3 is 1.38 bits per heavy atom. The van der Waals surface area contributed by atoms with Crippen molar-refractivity contribution in [3.05, 3.63) is 0 Å². The Morgan fingerprint density at radius 2 is 1.00 bits per heavy atom. The summed E-state index contributed by atoms with van der Waals surface area (Å²) in [6.07, 6.45) is 11.1. The normalized spacial score (nSPS) is 10.9. The van der Waals surface area contributed by atoms with Crippen molar-refractivity contribution in [3.8, 4) is 0 Å². The van der Waals surface area contributed by atoms with Gasteiger partial charge in [0.2, 0.25) is 0 Å². The van der Waals surface area contributed by atoms with E-state index in [1.54, 1.807) is 0 Å². The minimum atomic E-state index is 1.33. The fraction of sp³-hybridized carbons (Fsp3) is 1.00. The first kappa shape index (κ1) is 17.4. The van der Waals surface area contributed by atoms with Gasteiger partial charge in [0, 0.05) is 11.5 Å². The number of rotatable bonds is 13. The van der Waals surface area contributed by atoms with Crippen LogP contribution < -0.4 is 0 Å². The lowest BCUT2D eigenvalue weighted by Gasteiger charge is -2.00. The maximum Gasteiger partial charge on any atom is 0.00454 e. The molecule has 0 heterocycles. The molecule has 0 aromatic rings. The van der Waals surface area contributed by atoms with Crippen molar-refractivity contribution < 1.29 is 0 Å². The third-order valence-corrected chi connectivity index (χ3v) is 8.92. The third-order valence-electron chi connectivity index (χ3n) is 2.29. The molecule has 0 saturated carbocycles. The van der Waals surface area contributed by atoms with Gasteiger partial charge in [0.25, 0.3) is 0 Å². The van der Waals surface area contributed by atoms with Gasteiger partial charge in [0.05, 0.1) is 0 Å². The predicted octanol–water partition coefficient (Wildman–Crippen LogP) is 6.82. The zero-order valence-electron chi connectivity index (χ0n) is 10.7. The molecule has 0 N–H and O–H groups in total. The van der Waals surface area contributed by atoms with E-state index in [4.69, 9.17) is 0 Å². The molecule has 0 amide bonds. The molecule has 0 aromatic carbocycles. The Morgan fingerprint density at radius 1 is 0.562 bits per heavy atom. The molecule has 0 aliphatic rings. The van der Waals surface area contributed by atoms with Crippen molar-refractivity contribution in [3.63, 3.8) is 0 Å². The van der Waals surface area contributed by atoms with E-state index >= 15 is 0 Å². The van der Waals surface area contributed by atoms with Gasteiger partial charge in [0.1, 0.15) is 0 Å². The summed E-state index contributed by atoms with van der Waals surface area (Å²) in [5, 5.41) is 0. The lowest BCUT2D eigenvalue weighted by Crippen LogP contribution is -1.78. The van der Waals surface area contributed by atoms with Crippen LogP contribution in [0.2, 0.25) is 0 Å². The molecule has 0 unspecified atom stereocenters. The lowest BCUT2D eigenvalue weighted by atomic mass is 10.2. The number of unbranched alkanes of at least 4 members (excludes halogenated alkanes) is 6. The monoisotopic (exact) mass is 298 g/mol. The van der Waals surface area contributed by atoms with Crippen LogP contribution in [0, 0.1) is 0 Å². The minimum absolute atomic E-state index is 1.33. The fourth-order valence-corrected chi connectivity index (χ4v) is 7.55. The summed E-state index contributed by atoms with van der Waals surface area (Å²) in [7, 11) is 8.00. The van der Waals surface area contributed by atoms with Crippen molar-refractivity contribution in [2.75, 3.05) is 11.5 Å². The van der Waals surface area contributed by atoms with Crippen LogP contribution in [0.15, 0.2) is 0 Å². The van der Waals surface area contributed by atoms with Gasteiger partial charge >= 0.3 is 0 Å². The Labute approximate surface area is 117 Å². The molecular weight excluding hydrogens is 272 g/mol. The van der Waals surface area contributed by atoms with Crippen LogP contribution in [0.4, 0.5) is 0 Å². The van der Waals surface area contributed by atoms with Crippen LogP contribution in [0.1, 0.15) is 65.2 Å². The van der Waals surface area contributed by atoms with Crippen LogP contribution >= 0.6 is 41.2 Å². The number of hydrogen-bond acceptors (Lipinski definition) is 4. The van der Waals surface area contributed by atoms with E-state index in [0.29, 0.717) is 0 Å².